The quantitative estimate of drug-likeness (QED) is 0.645. The van der Waals surface area contributed by atoms with Crippen molar-refractivity contribution in [2.75, 3.05) is 13.7 Å². The summed E-state index contributed by atoms with van der Waals surface area (Å²) in [6.07, 6.45) is 1.59. The fourth-order valence-corrected chi connectivity index (χ4v) is 0.813. The zero-order valence-corrected chi connectivity index (χ0v) is 5.87. The van der Waals surface area contributed by atoms with Crippen LogP contribution >= 0.6 is 0 Å². The minimum Gasteiger partial charge on any atom is -0.468 e. The summed E-state index contributed by atoms with van der Waals surface area (Å²) in [5.74, 6) is 0.769. The van der Waals surface area contributed by atoms with Gasteiger partial charge in [0.2, 0.25) is 0 Å². The molecule has 0 aliphatic heterocycles. The zero-order chi connectivity index (χ0) is 7.40. The summed E-state index contributed by atoms with van der Waals surface area (Å²) in [5, 5.41) is 11.7. The standard InChI is InChI=1S/C7H11NO2/c1-8-6(5-9)7-3-2-4-10-7/h2-4,6,8-9H,5H2,1H3/t6-/m1/s1. The summed E-state index contributed by atoms with van der Waals surface area (Å²) in [6.45, 7) is 0.0595. The van der Waals surface area contributed by atoms with E-state index in [1.165, 1.54) is 0 Å². The molecular formula is C7H11NO2. The summed E-state index contributed by atoms with van der Waals surface area (Å²) in [5.41, 5.74) is 0. The average molecular weight is 141 g/mol. The van der Waals surface area contributed by atoms with Crippen LogP contribution < -0.4 is 5.32 Å². The van der Waals surface area contributed by atoms with Gasteiger partial charge < -0.3 is 14.8 Å². The molecule has 1 heterocycles. The van der Waals surface area contributed by atoms with E-state index in [0.29, 0.717) is 0 Å². The molecule has 1 aromatic heterocycles. The smallest absolute Gasteiger partial charge is 0.123 e. The maximum absolute atomic E-state index is 8.78. The van der Waals surface area contributed by atoms with Crippen LogP contribution in [0.4, 0.5) is 0 Å². The molecule has 0 saturated heterocycles. The van der Waals surface area contributed by atoms with Gasteiger partial charge in [-0.25, -0.2) is 0 Å². The summed E-state index contributed by atoms with van der Waals surface area (Å²) in [6, 6.07) is 3.56. The van der Waals surface area contributed by atoms with Crippen molar-refractivity contribution < 1.29 is 9.52 Å². The molecule has 1 aromatic rings. The van der Waals surface area contributed by atoms with Gasteiger partial charge in [-0.1, -0.05) is 0 Å². The molecule has 0 aliphatic rings. The average Bonchev–Trinajstić information content (AvgIpc) is 2.43. The van der Waals surface area contributed by atoms with E-state index in [0.717, 1.165) is 5.76 Å². The molecule has 10 heavy (non-hydrogen) atoms. The first-order valence-corrected chi connectivity index (χ1v) is 3.20. The number of furan rings is 1. The lowest BCUT2D eigenvalue weighted by molar-refractivity contribution is 0.233. The number of aliphatic hydroxyl groups is 1. The van der Waals surface area contributed by atoms with Gasteiger partial charge in [-0.05, 0) is 19.2 Å². The Hall–Kier alpha value is -0.800. The third-order valence-corrected chi connectivity index (χ3v) is 1.42. The second-order valence-electron chi connectivity index (χ2n) is 2.04. The number of rotatable bonds is 3. The fourth-order valence-electron chi connectivity index (χ4n) is 0.813. The Kier molecular flexibility index (Phi) is 2.48. The molecule has 0 aliphatic carbocycles. The molecular weight excluding hydrogens is 130 g/mol. The van der Waals surface area contributed by atoms with Crippen molar-refractivity contribution >= 4 is 0 Å². The van der Waals surface area contributed by atoms with Crippen LogP contribution in [0.2, 0.25) is 0 Å². The van der Waals surface area contributed by atoms with Crippen molar-refractivity contribution in [2.24, 2.45) is 0 Å². The van der Waals surface area contributed by atoms with Crippen LogP contribution in [0.15, 0.2) is 22.8 Å². The Balaban J connectivity index is 2.64. The third kappa shape index (κ3) is 1.37. The van der Waals surface area contributed by atoms with Crippen LogP contribution in [0.5, 0.6) is 0 Å². The molecule has 3 heteroatoms. The maximum atomic E-state index is 8.78. The van der Waals surface area contributed by atoms with Gasteiger partial charge in [0.15, 0.2) is 0 Å². The fraction of sp³-hybridized carbons (Fsp3) is 0.429. The molecule has 1 rings (SSSR count). The van der Waals surface area contributed by atoms with E-state index in [9.17, 15) is 0 Å². The Morgan fingerprint density at radius 2 is 2.60 bits per heavy atom. The van der Waals surface area contributed by atoms with Crippen LogP contribution in [-0.2, 0) is 0 Å². The van der Waals surface area contributed by atoms with Crippen LogP contribution in [0.3, 0.4) is 0 Å². The van der Waals surface area contributed by atoms with E-state index in [4.69, 9.17) is 9.52 Å². The van der Waals surface area contributed by atoms with Crippen LogP contribution in [-0.4, -0.2) is 18.8 Å². The summed E-state index contributed by atoms with van der Waals surface area (Å²) in [4.78, 5) is 0. The lowest BCUT2D eigenvalue weighted by Gasteiger charge is -2.08. The predicted molar refractivity (Wildman–Crippen MR) is 37.6 cm³/mol. The number of hydrogen-bond acceptors (Lipinski definition) is 3. The third-order valence-electron chi connectivity index (χ3n) is 1.42. The molecule has 0 amide bonds. The minimum atomic E-state index is -0.0741. The Labute approximate surface area is 59.7 Å². The predicted octanol–water partition coefficient (Wildman–Crippen LogP) is 0.532. The summed E-state index contributed by atoms with van der Waals surface area (Å²) < 4.78 is 5.05. The van der Waals surface area contributed by atoms with Crippen LogP contribution in [0.1, 0.15) is 11.8 Å². The van der Waals surface area contributed by atoms with Crippen LogP contribution in [0, 0.1) is 0 Å². The molecule has 0 bridgehead atoms. The first-order valence-electron chi connectivity index (χ1n) is 3.20. The van der Waals surface area contributed by atoms with E-state index >= 15 is 0 Å². The van der Waals surface area contributed by atoms with Crippen molar-refractivity contribution in [1.29, 1.82) is 0 Å². The van der Waals surface area contributed by atoms with Crippen molar-refractivity contribution in [3.05, 3.63) is 24.2 Å². The highest BCUT2D eigenvalue weighted by Crippen LogP contribution is 2.10. The molecule has 0 radical (unpaired) electrons. The first kappa shape index (κ1) is 7.31. The molecule has 0 fully saturated rings. The molecule has 1 atom stereocenters. The lowest BCUT2D eigenvalue weighted by atomic mass is 10.2. The number of likely N-dealkylation sites (N-methyl/N-ethyl adjacent to an activating group) is 1. The highest BCUT2D eigenvalue weighted by molar-refractivity contribution is 5.03. The Bertz CT molecular complexity index is 168. The number of nitrogens with one attached hydrogen (secondary N) is 1. The molecule has 2 N–H and O–H groups in total. The second kappa shape index (κ2) is 3.39. The Morgan fingerprint density at radius 1 is 1.80 bits per heavy atom. The first-order chi connectivity index (χ1) is 4.88. The number of aliphatic hydroxyl groups excluding tert-OH is 1. The highest BCUT2D eigenvalue weighted by atomic mass is 16.3. The van der Waals surface area contributed by atoms with Gasteiger partial charge in [-0.2, -0.15) is 0 Å². The largest absolute Gasteiger partial charge is 0.468 e. The van der Waals surface area contributed by atoms with Gasteiger partial charge in [0.25, 0.3) is 0 Å². The SMILES string of the molecule is CN[C@H](CO)c1ccco1. The van der Waals surface area contributed by atoms with Crippen LogP contribution in [0.25, 0.3) is 0 Å². The number of hydrogen-bond donors (Lipinski definition) is 2. The highest BCUT2D eigenvalue weighted by Gasteiger charge is 2.08. The minimum absolute atomic E-state index is 0.0595. The molecule has 3 nitrogen and oxygen atoms in total. The van der Waals surface area contributed by atoms with E-state index in [-0.39, 0.29) is 12.6 Å². The summed E-state index contributed by atoms with van der Waals surface area (Å²) >= 11 is 0. The van der Waals surface area contributed by atoms with Gasteiger partial charge in [0.1, 0.15) is 5.76 Å². The van der Waals surface area contributed by atoms with E-state index < -0.39 is 0 Å². The van der Waals surface area contributed by atoms with Gasteiger partial charge in [-0.15, -0.1) is 0 Å². The lowest BCUT2D eigenvalue weighted by Crippen LogP contribution is -2.19. The maximum Gasteiger partial charge on any atom is 0.123 e. The van der Waals surface area contributed by atoms with Crippen molar-refractivity contribution in [3.63, 3.8) is 0 Å². The van der Waals surface area contributed by atoms with Gasteiger partial charge in [0, 0.05) is 0 Å². The van der Waals surface area contributed by atoms with E-state index in [2.05, 4.69) is 5.32 Å². The molecule has 0 spiro atoms. The van der Waals surface area contributed by atoms with Crippen molar-refractivity contribution in [3.8, 4) is 0 Å². The Morgan fingerprint density at radius 3 is 3.00 bits per heavy atom. The molecule has 0 saturated carbocycles. The van der Waals surface area contributed by atoms with E-state index in [1.807, 2.05) is 6.07 Å². The molecule has 0 unspecified atom stereocenters. The van der Waals surface area contributed by atoms with Crippen molar-refractivity contribution in [2.45, 2.75) is 6.04 Å². The second-order valence-corrected chi connectivity index (χ2v) is 2.04. The van der Waals surface area contributed by atoms with E-state index in [1.54, 1.807) is 19.4 Å². The molecule has 0 aromatic carbocycles. The zero-order valence-electron chi connectivity index (χ0n) is 5.87. The molecule has 56 valence electrons. The van der Waals surface area contributed by atoms with Crippen molar-refractivity contribution in [1.82, 2.24) is 5.32 Å². The topological polar surface area (TPSA) is 45.4 Å². The van der Waals surface area contributed by atoms with Gasteiger partial charge in [-0.3, -0.25) is 0 Å². The summed E-state index contributed by atoms with van der Waals surface area (Å²) in [7, 11) is 1.78. The van der Waals surface area contributed by atoms with Gasteiger partial charge >= 0.3 is 0 Å². The monoisotopic (exact) mass is 141 g/mol. The van der Waals surface area contributed by atoms with Gasteiger partial charge in [0.05, 0.1) is 18.9 Å². The normalized spacial score (nSPS) is 13.4.